The fraction of sp³-hybridized carbons (Fsp3) is 0.692. The third kappa shape index (κ3) is 4.04. The number of hydrogen-bond donors (Lipinski definition) is 2. The quantitative estimate of drug-likeness (QED) is 0.840. The molecule has 1 aliphatic heterocycles. The Labute approximate surface area is 123 Å². The lowest BCUT2D eigenvalue weighted by Gasteiger charge is -2.15. The van der Waals surface area contributed by atoms with Gasteiger partial charge in [0.05, 0.1) is 4.47 Å². The molecule has 19 heavy (non-hydrogen) atoms. The third-order valence-corrected chi connectivity index (χ3v) is 4.03. The summed E-state index contributed by atoms with van der Waals surface area (Å²) < 4.78 is 0.916. The Morgan fingerprint density at radius 1 is 1.42 bits per heavy atom. The highest BCUT2D eigenvalue weighted by Crippen LogP contribution is 2.22. The van der Waals surface area contributed by atoms with Crippen molar-refractivity contribution in [2.75, 3.05) is 43.4 Å². The highest BCUT2D eigenvalue weighted by Gasteiger charge is 2.21. The van der Waals surface area contributed by atoms with Gasteiger partial charge in [0.25, 0.3) is 0 Å². The monoisotopic (exact) mass is 327 g/mol. The molecule has 1 aromatic rings. The Morgan fingerprint density at radius 2 is 2.26 bits per heavy atom. The summed E-state index contributed by atoms with van der Waals surface area (Å²) in [6.45, 7) is 9.61. The molecule has 2 N–H and O–H groups in total. The number of anilines is 2. The summed E-state index contributed by atoms with van der Waals surface area (Å²) in [7, 11) is 0. The maximum absolute atomic E-state index is 4.47. The standard InChI is InChI=1S/C13H22BrN5/c1-3-15-13-17-8-11(14)12(18-13)16-7-10-5-6-19(4-2)9-10/h8,10H,3-7,9H2,1-2H3,(H2,15,16,17,18). The molecule has 0 spiro atoms. The lowest BCUT2D eigenvalue weighted by molar-refractivity contribution is 0.345. The van der Waals surface area contributed by atoms with Gasteiger partial charge in [-0.2, -0.15) is 4.98 Å². The molecule has 2 rings (SSSR count). The van der Waals surface area contributed by atoms with E-state index >= 15 is 0 Å². The van der Waals surface area contributed by atoms with E-state index in [1.807, 2.05) is 6.92 Å². The largest absolute Gasteiger partial charge is 0.369 e. The number of rotatable bonds is 6. The lowest BCUT2D eigenvalue weighted by Crippen LogP contribution is -2.22. The first-order valence-corrected chi connectivity index (χ1v) is 7.74. The third-order valence-electron chi connectivity index (χ3n) is 3.45. The average Bonchev–Trinajstić information content (AvgIpc) is 2.88. The minimum atomic E-state index is 0.676. The second-order valence-corrected chi connectivity index (χ2v) is 5.70. The molecule has 106 valence electrons. The van der Waals surface area contributed by atoms with Crippen LogP contribution in [0.3, 0.4) is 0 Å². The van der Waals surface area contributed by atoms with Crippen molar-refractivity contribution >= 4 is 27.7 Å². The Hall–Kier alpha value is -0.880. The van der Waals surface area contributed by atoms with Gasteiger partial charge in [0.2, 0.25) is 5.95 Å². The Balaban J connectivity index is 1.90. The van der Waals surface area contributed by atoms with Crippen LogP contribution >= 0.6 is 15.9 Å². The van der Waals surface area contributed by atoms with Crippen molar-refractivity contribution in [3.63, 3.8) is 0 Å². The molecular weight excluding hydrogens is 306 g/mol. The van der Waals surface area contributed by atoms with Gasteiger partial charge >= 0.3 is 0 Å². The van der Waals surface area contributed by atoms with Crippen molar-refractivity contribution in [3.05, 3.63) is 10.7 Å². The van der Waals surface area contributed by atoms with Crippen molar-refractivity contribution in [2.45, 2.75) is 20.3 Å². The summed E-state index contributed by atoms with van der Waals surface area (Å²) in [5.41, 5.74) is 0. The molecule has 0 bridgehead atoms. The van der Waals surface area contributed by atoms with Crippen LogP contribution in [0.25, 0.3) is 0 Å². The second kappa shape index (κ2) is 7.05. The number of nitrogens with zero attached hydrogens (tertiary/aromatic N) is 3. The highest BCUT2D eigenvalue weighted by atomic mass is 79.9. The van der Waals surface area contributed by atoms with Crippen LogP contribution in [0.15, 0.2) is 10.7 Å². The van der Waals surface area contributed by atoms with Crippen LogP contribution in [0, 0.1) is 5.92 Å². The summed E-state index contributed by atoms with van der Waals surface area (Å²) in [6, 6.07) is 0. The molecule has 0 aliphatic carbocycles. The highest BCUT2D eigenvalue weighted by molar-refractivity contribution is 9.10. The van der Waals surface area contributed by atoms with Crippen LogP contribution in [-0.2, 0) is 0 Å². The van der Waals surface area contributed by atoms with E-state index in [1.165, 1.54) is 19.5 Å². The average molecular weight is 328 g/mol. The van der Waals surface area contributed by atoms with Gasteiger partial charge < -0.3 is 15.5 Å². The summed E-state index contributed by atoms with van der Waals surface area (Å²) in [6.07, 6.45) is 3.06. The molecule has 0 radical (unpaired) electrons. The van der Waals surface area contributed by atoms with Crippen molar-refractivity contribution in [1.29, 1.82) is 0 Å². The fourth-order valence-electron chi connectivity index (χ4n) is 2.34. The van der Waals surface area contributed by atoms with Gasteiger partial charge in [-0.1, -0.05) is 6.92 Å². The molecule has 1 aliphatic rings. The smallest absolute Gasteiger partial charge is 0.224 e. The lowest BCUT2D eigenvalue weighted by atomic mass is 10.1. The van der Waals surface area contributed by atoms with Crippen LogP contribution < -0.4 is 10.6 Å². The Morgan fingerprint density at radius 3 is 2.95 bits per heavy atom. The minimum absolute atomic E-state index is 0.676. The van der Waals surface area contributed by atoms with E-state index in [0.717, 1.165) is 29.9 Å². The van der Waals surface area contributed by atoms with Crippen molar-refractivity contribution in [1.82, 2.24) is 14.9 Å². The molecule has 1 aromatic heterocycles. The van der Waals surface area contributed by atoms with E-state index in [9.17, 15) is 0 Å². The number of halogens is 1. The van der Waals surface area contributed by atoms with Crippen LogP contribution in [0.1, 0.15) is 20.3 Å². The number of hydrogen-bond acceptors (Lipinski definition) is 5. The van der Waals surface area contributed by atoms with Gasteiger partial charge in [-0.05, 0) is 48.3 Å². The van der Waals surface area contributed by atoms with Gasteiger partial charge in [0.1, 0.15) is 5.82 Å². The van der Waals surface area contributed by atoms with E-state index in [4.69, 9.17) is 0 Å². The molecule has 1 saturated heterocycles. The zero-order valence-corrected chi connectivity index (χ0v) is 13.2. The van der Waals surface area contributed by atoms with Crippen molar-refractivity contribution < 1.29 is 0 Å². The van der Waals surface area contributed by atoms with Gasteiger partial charge in [0, 0.05) is 25.8 Å². The Bertz CT molecular complexity index is 412. The fourth-order valence-corrected chi connectivity index (χ4v) is 2.67. The molecule has 2 heterocycles. The summed E-state index contributed by atoms with van der Waals surface area (Å²) in [5, 5.41) is 6.56. The van der Waals surface area contributed by atoms with Gasteiger partial charge in [-0.15, -0.1) is 0 Å². The summed E-state index contributed by atoms with van der Waals surface area (Å²) in [5.74, 6) is 2.26. The number of aromatic nitrogens is 2. The first kappa shape index (κ1) is 14.5. The first-order chi connectivity index (χ1) is 9.22. The molecule has 6 heteroatoms. The topological polar surface area (TPSA) is 53.1 Å². The molecule has 0 amide bonds. The van der Waals surface area contributed by atoms with E-state index in [0.29, 0.717) is 11.9 Å². The van der Waals surface area contributed by atoms with E-state index in [1.54, 1.807) is 6.20 Å². The predicted octanol–water partition coefficient (Wildman–Crippen LogP) is 2.42. The molecule has 0 aromatic carbocycles. The summed E-state index contributed by atoms with van der Waals surface area (Å²) in [4.78, 5) is 11.2. The molecule has 5 nitrogen and oxygen atoms in total. The zero-order chi connectivity index (χ0) is 13.7. The zero-order valence-electron chi connectivity index (χ0n) is 11.6. The normalized spacial score (nSPS) is 19.6. The maximum Gasteiger partial charge on any atom is 0.224 e. The SMILES string of the molecule is CCNc1ncc(Br)c(NCC2CCN(CC)C2)n1. The molecule has 1 atom stereocenters. The first-order valence-electron chi connectivity index (χ1n) is 6.95. The number of likely N-dealkylation sites (tertiary alicyclic amines) is 1. The van der Waals surface area contributed by atoms with Crippen LogP contribution in [0.5, 0.6) is 0 Å². The second-order valence-electron chi connectivity index (χ2n) is 4.85. The van der Waals surface area contributed by atoms with Crippen molar-refractivity contribution in [3.8, 4) is 0 Å². The van der Waals surface area contributed by atoms with E-state index in [2.05, 4.69) is 48.4 Å². The molecular formula is C13H22BrN5. The molecule has 1 unspecified atom stereocenters. The van der Waals surface area contributed by atoms with Crippen LogP contribution in [0.2, 0.25) is 0 Å². The van der Waals surface area contributed by atoms with E-state index in [-0.39, 0.29) is 0 Å². The maximum atomic E-state index is 4.47. The summed E-state index contributed by atoms with van der Waals surface area (Å²) >= 11 is 3.49. The molecule has 0 saturated carbocycles. The Kier molecular flexibility index (Phi) is 5.39. The van der Waals surface area contributed by atoms with Gasteiger partial charge in [-0.25, -0.2) is 4.98 Å². The van der Waals surface area contributed by atoms with Crippen molar-refractivity contribution in [2.24, 2.45) is 5.92 Å². The molecule has 1 fully saturated rings. The van der Waals surface area contributed by atoms with E-state index < -0.39 is 0 Å². The van der Waals surface area contributed by atoms with Crippen LogP contribution in [-0.4, -0.2) is 47.6 Å². The van der Waals surface area contributed by atoms with Gasteiger partial charge in [0.15, 0.2) is 0 Å². The van der Waals surface area contributed by atoms with Crippen LogP contribution in [0.4, 0.5) is 11.8 Å². The van der Waals surface area contributed by atoms with Gasteiger partial charge in [-0.3, -0.25) is 0 Å². The predicted molar refractivity (Wildman–Crippen MR) is 82.6 cm³/mol. The number of nitrogens with one attached hydrogen (secondary N) is 2. The minimum Gasteiger partial charge on any atom is -0.369 e.